The number of unbranched alkanes of at least 4 members (excludes halogenated alkanes) is 1. The topological polar surface area (TPSA) is 39.2 Å². The second-order valence-corrected chi connectivity index (χ2v) is 5.22. The van der Waals surface area contributed by atoms with Gasteiger partial charge in [-0.05, 0) is 30.6 Å². The van der Waals surface area contributed by atoms with Crippen molar-refractivity contribution >= 4 is 35.0 Å². The second-order valence-electron chi connectivity index (χ2n) is 4.45. The van der Waals surface area contributed by atoms with Gasteiger partial charge in [0.05, 0.1) is 11.1 Å². The van der Waals surface area contributed by atoms with Crippen molar-refractivity contribution in [1.29, 1.82) is 0 Å². The molecule has 0 unspecified atom stereocenters. The molecule has 0 bridgehead atoms. The maximum Gasteiger partial charge on any atom is 0.434 e. The maximum atomic E-state index is 13.0. The van der Waals surface area contributed by atoms with Crippen LogP contribution in [0.5, 0.6) is 0 Å². The third-order valence-corrected chi connectivity index (χ3v) is 3.40. The van der Waals surface area contributed by atoms with E-state index in [-0.39, 0.29) is 17.5 Å². The smallest absolute Gasteiger partial charge is 0.423 e. The predicted molar refractivity (Wildman–Crippen MR) is 80.0 cm³/mol. The number of carbonyl (C=O) groups is 1. The van der Waals surface area contributed by atoms with E-state index in [1.54, 1.807) is 6.92 Å². The second kappa shape index (κ2) is 8.00. The lowest BCUT2D eigenvalue weighted by atomic mass is 9.97. The lowest BCUT2D eigenvalue weighted by Gasteiger charge is -2.18. The van der Waals surface area contributed by atoms with Gasteiger partial charge in [-0.1, -0.05) is 13.3 Å². The lowest BCUT2D eigenvalue weighted by molar-refractivity contribution is -0.141. The molecule has 0 aliphatic carbocycles. The Kier molecular flexibility index (Phi) is 6.87. The van der Waals surface area contributed by atoms with Crippen LogP contribution in [-0.4, -0.2) is 21.8 Å². The third-order valence-electron chi connectivity index (χ3n) is 2.87. The molecule has 0 atom stereocenters. The van der Waals surface area contributed by atoms with Gasteiger partial charge in [-0.3, -0.25) is 9.78 Å². The Hall–Kier alpha value is -1.29. The molecule has 23 heavy (non-hydrogen) atoms. The van der Waals surface area contributed by atoms with Crippen molar-refractivity contribution in [2.45, 2.75) is 39.0 Å². The van der Waals surface area contributed by atoms with Gasteiger partial charge in [0.1, 0.15) is 0 Å². The molecule has 0 radical (unpaired) electrons. The van der Waals surface area contributed by atoms with Crippen LogP contribution in [0.1, 0.15) is 46.9 Å². The van der Waals surface area contributed by atoms with Crippen molar-refractivity contribution in [3.63, 3.8) is 0 Å². The number of carbonyl (C=O) groups excluding carboxylic acids is 1. The molecule has 0 N–H and O–H groups in total. The van der Waals surface area contributed by atoms with Gasteiger partial charge in [0.2, 0.25) is 5.12 Å². The van der Waals surface area contributed by atoms with Gasteiger partial charge >= 0.3 is 12.8 Å². The average molecular weight is 373 g/mol. The lowest BCUT2D eigenvalue weighted by Crippen LogP contribution is -2.20. The standard InChI is InChI=1S/C13H12F5NO2S2/c1-2-3-4-6-7(11(23)21-12(14)15)5-19-9(13(16,17)18)8(6)10(20)22/h5,12H,2-4H2,1H3,(H,20,22). The molecule has 1 rings (SSSR count). The zero-order valence-electron chi connectivity index (χ0n) is 11.8. The van der Waals surface area contributed by atoms with Crippen molar-refractivity contribution in [3.8, 4) is 0 Å². The van der Waals surface area contributed by atoms with Gasteiger partial charge < -0.3 is 4.74 Å². The highest BCUT2D eigenvalue weighted by Gasteiger charge is 2.39. The van der Waals surface area contributed by atoms with E-state index in [1.165, 1.54) is 0 Å². The zero-order chi connectivity index (χ0) is 17.8. The van der Waals surface area contributed by atoms with Crippen LogP contribution in [0.15, 0.2) is 6.20 Å². The minimum absolute atomic E-state index is 0.0196. The molecule has 0 aromatic carbocycles. The van der Waals surface area contributed by atoms with Crippen molar-refractivity contribution in [2.24, 2.45) is 0 Å². The van der Waals surface area contributed by atoms with Crippen LogP contribution < -0.4 is 0 Å². The summed E-state index contributed by atoms with van der Waals surface area (Å²) >= 11 is 8.11. The summed E-state index contributed by atoms with van der Waals surface area (Å²) in [5, 5.41) is -1.89. The van der Waals surface area contributed by atoms with E-state index in [2.05, 4.69) is 34.6 Å². The highest BCUT2D eigenvalue weighted by molar-refractivity contribution is 7.97. The summed E-state index contributed by atoms with van der Waals surface area (Å²) in [5.41, 5.74) is -2.59. The molecule has 1 aromatic rings. The summed E-state index contributed by atoms with van der Waals surface area (Å²) in [6.07, 6.45) is -3.16. The van der Waals surface area contributed by atoms with Crippen LogP contribution in [0, 0.1) is 0 Å². The Balaban J connectivity index is 3.56. The van der Waals surface area contributed by atoms with Gasteiger partial charge in [0, 0.05) is 6.20 Å². The number of rotatable bonds is 6. The molecular formula is C13H12F5NO2S2. The van der Waals surface area contributed by atoms with E-state index in [0.717, 1.165) is 0 Å². The quantitative estimate of drug-likeness (QED) is 0.455. The molecule has 0 saturated carbocycles. The van der Waals surface area contributed by atoms with Crippen molar-refractivity contribution in [2.75, 3.05) is 0 Å². The van der Waals surface area contributed by atoms with Crippen molar-refractivity contribution < 1.29 is 31.5 Å². The van der Waals surface area contributed by atoms with E-state index in [4.69, 9.17) is 0 Å². The Labute approximate surface area is 139 Å². The number of thiol groups is 1. The SMILES string of the molecule is CCCCc1c(C(=S)OC(F)F)cnc(C(F)(F)F)c1C(=O)S. The third kappa shape index (κ3) is 5.10. The Morgan fingerprint density at radius 1 is 1.43 bits per heavy atom. The summed E-state index contributed by atoms with van der Waals surface area (Å²) in [7, 11) is 0. The van der Waals surface area contributed by atoms with Crippen LogP contribution in [0.4, 0.5) is 22.0 Å². The molecule has 128 valence electrons. The molecule has 10 heteroatoms. The molecule has 0 aliphatic heterocycles. The van der Waals surface area contributed by atoms with E-state index in [9.17, 15) is 26.7 Å². The summed E-state index contributed by atoms with van der Waals surface area (Å²) in [6, 6.07) is 0. The van der Waals surface area contributed by atoms with Crippen LogP contribution in [-0.2, 0) is 17.3 Å². The fourth-order valence-corrected chi connectivity index (χ4v) is 2.42. The number of ether oxygens (including phenoxy) is 1. The highest BCUT2D eigenvalue weighted by Crippen LogP contribution is 2.34. The molecule has 1 heterocycles. The molecule has 0 fully saturated rings. The largest absolute Gasteiger partial charge is 0.434 e. The van der Waals surface area contributed by atoms with E-state index in [1.807, 2.05) is 0 Å². The van der Waals surface area contributed by atoms with Crippen molar-refractivity contribution in [3.05, 3.63) is 28.6 Å². The molecule has 3 nitrogen and oxygen atoms in total. The number of pyridine rings is 1. The summed E-state index contributed by atoms with van der Waals surface area (Å²) in [5.74, 6) is 0. The zero-order valence-corrected chi connectivity index (χ0v) is 13.5. The normalized spacial score (nSPS) is 11.7. The molecular weight excluding hydrogens is 361 g/mol. The number of aromatic nitrogens is 1. The summed E-state index contributed by atoms with van der Waals surface area (Å²) < 4.78 is 67.7. The first-order valence-electron chi connectivity index (χ1n) is 6.41. The molecule has 0 amide bonds. The van der Waals surface area contributed by atoms with E-state index >= 15 is 0 Å². The highest BCUT2D eigenvalue weighted by atomic mass is 32.1. The Morgan fingerprint density at radius 2 is 2.04 bits per heavy atom. The first kappa shape index (κ1) is 19.8. The number of alkyl halides is 5. The number of nitrogens with zero attached hydrogens (tertiary/aromatic N) is 1. The van der Waals surface area contributed by atoms with Crippen LogP contribution in [0.3, 0.4) is 0 Å². The average Bonchev–Trinajstić information content (AvgIpc) is 2.41. The van der Waals surface area contributed by atoms with Crippen LogP contribution in [0.2, 0.25) is 0 Å². The van der Waals surface area contributed by atoms with Crippen LogP contribution in [0.25, 0.3) is 0 Å². The minimum Gasteiger partial charge on any atom is -0.423 e. The van der Waals surface area contributed by atoms with Gasteiger partial charge in [0.25, 0.3) is 0 Å². The summed E-state index contributed by atoms with van der Waals surface area (Å²) in [6.45, 7) is -1.46. The van der Waals surface area contributed by atoms with E-state index < -0.39 is 34.2 Å². The van der Waals surface area contributed by atoms with Crippen LogP contribution >= 0.6 is 24.8 Å². The molecule has 0 spiro atoms. The van der Waals surface area contributed by atoms with Gasteiger partial charge in [-0.25, -0.2) is 0 Å². The molecule has 1 aromatic heterocycles. The number of hydrogen-bond donors (Lipinski definition) is 1. The minimum atomic E-state index is -4.89. The van der Waals surface area contributed by atoms with Crippen molar-refractivity contribution in [1.82, 2.24) is 4.98 Å². The van der Waals surface area contributed by atoms with Gasteiger partial charge in [0.15, 0.2) is 10.7 Å². The number of halogens is 5. The monoisotopic (exact) mass is 373 g/mol. The van der Waals surface area contributed by atoms with Gasteiger partial charge in [-0.15, -0.1) is 12.6 Å². The number of hydrogen-bond acceptors (Lipinski definition) is 4. The fourth-order valence-electron chi connectivity index (χ4n) is 1.93. The first-order chi connectivity index (χ1) is 10.6. The van der Waals surface area contributed by atoms with E-state index in [0.29, 0.717) is 19.0 Å². The molecule has 0 aliphatic rings. The number of thiocarbonyl (C=S) groups is 1. The van der Waals surface area contributed by atoms with Gasteiger partial charge in [-0.2, -0.15) is 22.0 Å². The maximum absolute atomic E-state index is 13.0. The molecule has 0 saturated heterocycles. The Morgan fingerprint density at radius 3 is 2.48 bits per heavy atom. The predicted octanol–water partition coefficient (Wildman–Crippen LogP) is 4.43. The first-order valence-corrected chi connectivity index (χ1v) is 7.26. The fraction of sp³-hybridized carbons (Fsp3) is 0.462. The Bertz CT molecular complexity index is 605. The summed E-state index contributed by atoms with van der Waals surface area (Å²) in [4.78, 5) is 14.7.